The zero-order valence-electron chi connectivity index (χ0n) is 15.6. The number of benzene rings is 1. The molecule has 0 amide bonds. The van der Waals surface area contributed by atoms with E-state index in [-0.39, 0.29) is 23.5 Å². The van der Waals surface area contributed by atoms with E-state index in [1.54, 1.807) is 0 Å². The van der Waals surface area contributed by atoms with Gasteiger partial charge in [0, 0.05) is 40.7 Å². The van der Waals surface area contributed by atoms with E-state index in [0.29, 0.717) is 0 Å². The Morgan fingerprint density at radius 2 is 1.83 bits per heavy atom. The maximum Gasteiger partial charge on any atom is 0.433 e. The van der Waals surface area contributed by atoms with Crippen molar-refractivity contribution in [3.63, 3.8) is 0 Å². The zero-order chi connectivity index (χ0) is 21.5. The minimum atomic E-state index is -4.72. The topological polar surface area (TPSA) is 75.8 Å². The summed E-state index contributed by atoms with van der Waals surface area (Å²) in [4.78, 5) is 19.7. The summed E-state index contributed by atoms with van der Waals surface area (Å²) in [5.74, 6) is 0. The Labute approximate surface area is 171 Å². The van der Waals surface area contributed by atoms with Gasteiger partial charge >= 0.3 is 11.3 Å². The predicted molar refractivity (Wildman–Crippen MR) is 106 cm³/mol. The number of pyridine rings is 1. The molecule has 1 unspecified atom stereocenters. The second-order valence-electron chi connectivity index (χ2n) is 6.58. The van der Waals surface area contributed by atoms with E-state index >= 15 is 0 Å². The molecule has 30 heavy (non-hydrogen) atoms. The highest BCUT2D eigenvalue weighted by atomic mass is 32.2. The van der Waals surface area contributed by atoms with Crippen molar-refractivity contribution in [3.05, 3.63) is 77.0 Å². The second-order valence-corrected chi connectivity index (χ2v) is 7.86. The van der Waals surface area contributed by atoms with Crippen LogP contribution in [0, 0.1) is 0 Å². The first-order chi connectivity index (χ1) is 14.2. The molecule has 0 spiro atoms. The van der Waals surface area contributed by atoms with Crippen LogP contribution in [-0.2, 0) is 24.0 Å². The van der Waals surface area contributed by atoms with E-state index in [2.05, 4.69) is 9.97 Å². The Balaban J connectivity index is 1.78. The second kappa shape index (κ2) is 7.62. The summed E-state index contributed by atoms with van der Waals surface area (Å²) in [7, 11) is 0. The fourth-order valence-corrected chi connectivity index (χ4v) is 3.52. The van der Waals surface area contributed by atoms with Crippen LogP contribution in [0.3, 0.4) is 0 Å². The van der Waals surface area contributed by atoms with Gasteiger partial charge in [-0.2, -0.15) is 23.1 Å². The van der Waals surface area contributed by atoms with Gasteiger partial charge in [0.2, 0.25) is 0 Å². The molecular formula is C20H15F3N4O2S. The number of nitrogens with zero attached hydrogens (tertiary/aromatic N) is 4. The van der Waals surface area contributed by atoms with Crippen molar-refractivity contribution in [3.8, 4) is 11.3 Å². The fourth-order valence-electron chi connectivity index (χ4n) is 3.07. The summed E-state index contributed by atoms with van der Waals surface area (Å²) in [6.07, 6.45) is -0.252. The summed E-state index contributed by atoms with van der Waals surface area (Å²) >= 11 is -1.80. The first-order valence-electron chi connectivity index (χ1n) is 8.77. The summed E-state index contributed by atoms with van der Waals surface area (Å²) in [6.45, 7) is 0.171. The van der Waals surface area contributed by atoms with E-state index in [0.717, 1.165) is 17.0 Å². The number of hydrogen-bond acceptors (Lipinski definition) is 4. The molecule has 0 N–H and O–H groups in total. The van der Waals surface area contributed by atoms with E-state index in [4.69, 9.17) is 0 Å². The fraction of sp³-hybridized carbons (Fsp3) is 0.150. The Morgan fingerprint density at radius 3 is 2.57 bits per heavy atom. The third-order valence-corrected chi connectivity index (χ3v) is 5.21. The van der Waals surface area contributed by atoms with E-state index in [1.165, 1.54) is 29.2 Å². The highest BCUT2D eigenvalue weighted by Gasteiger charge is 2.35. The Kier molecular flexibility index (Phi) is 5.12. The minimum Gasteiger partial charge on any atom is -0.609 e. The average Bonchev–Trinajstić information content (AvgIpc) is 3.11. The van der Waals surface area contributed by atoms with Gasteiger partial charge in [-0.3, -0.25) is 9.36 Å². The molecule has 4 aromatic rings. The summed E-state index contributed by atoms with van der Waals surface area (Å²) in [5, 5.41) is 0.580. The van der Waals surface area contributed by atoms with Crippen LogP contribution in [0.15, 0.2) is 70.9 Å². The Hall–Kier alpha value is -3.11. The molecule has 0 aliphatic rings. The largest absolute Gasteiger partial charge is 0.609 e. The predicted octanol–water partition coefficient (Wildman–Crippen LogP) is 3.52. The lowest BCUT2D eigenvalue weighted by atomic mass is 10.2. The molecule has 1 aromatic carbocycles. The molecule has 0 saturated heterocycles. The number of hydrogen-bond donors (Lipinski definition) is 0. The maximum atomic E-state index is 13.2. The van der Waals surface area contributed by atoms with Crippen molar-refractivity contribution in [2.75, 3.05) is 6.26 Å². The summed E-state index contributed by atoms with van der Waals surface area (Å²) in [6, 6.07) is 13.0. The summed E-state index contributed by atoms with van der Waals surface area (Å²) in [5.41, 5.74) is -0.369. The quantitative estimate of drug-likeness (QED) is 0.365. The lowest BCUT2D eigenvalue weighted by molar-refractivity contribution is -0.141. The van der Waals surface area contributed by atoms with Gasteiger partial charge < -0.3 is 9.12 Å². The molecule has 0 fully saturated rings. The molecule has 154 valence electrons. The van der Waals surface area contributed by atoms with Gasteiger partial charge in [0.1, 0.15) is 12.9 Å². The van der Waals surface area contributed by atoms with Crippen molar-refractivity contribution in [2.24, 2.45) is 0 Å². The average molecular weight is 432 g/mol. The van der Waals surface area contributed by atoms with Crippen molar-refractivity contribution < 1.29 is 17.7 Å². The van der Waals surface area contributed by atoms with E-state index < -0.39 is 28.2 Å². The number of fused-ring (bicyclic) bond motifs is 1. The SMILES string of the molecule is C[S+]([O-])c1nc(-c2ccc(=O)n(Cn3ccc4ccccc43)c2)cc(C(F)(F)F)n1. The normalized spacial score (nSPS) is 13.0. The van der Waals surface area contributed by atoms with Crippen LogP contribution in [-0.4, -0.2) is 29.9 Å². The number of alkyl halides is 3. The molecule has 10 heteroatoms. The Morgan fingerprint density at radius 1 is 1.07 bits per heavy atom. The van der Waals surface area contributed by atoms with Crippen LogP contribution < -0.4 is 5.56 Å². The molecule has 0 saturated carbocycles. The lowest BCUT2D eigenvalue weighted by Crippen LogP contribution is -2.22. The number of rotatable bonds is 4. The minimum absolute atomic E-state index is 0.0614. The molecule has 0 aliphatic carbocycles. The van der Waals surface area contributed by atoms with Crippen molar-refractivity contribution in [1.82, 2.24) is 19.1 Å². The van der Waals surface area contributed by atoms with Gasteiger partial charge in [0.25, 0.3) is 5.56 Å². The smallest absolute Gasteiger partial charge is 0.433 e. The van der Waals surface area contributed by atoms with Gasteiger partial charge in [-0.15, -0.1) is 0 Å². The van der Waals surface area contributed by atoms with Gasteiger partial charge in [-0.25, -0.2) is 0 Å². The van der Waals surface area contributed by atoms with Gasteiger partial charge in [0.05, 0.1) is 5.69 Å². The molecule has 0 bridgehead atoms. The van der Waals surface area contributed by atoms with Crippen LogP contribution in [0.1, 0.15) is 5.69 Å². The first-order valence-corrected chi connectivity index (χ1v) is 10.3. The molecule has 1 atom stereocenters. The number of halogens is 3. The third-order valence-electron chi connectivity index (χ3n) is 4.52. The van der Waals surface area contributed by atoms with Crippen molar-refractivity contribution in [1.29, 1.82) is 0 Å². The molecule has 3 heterocycles. The van der Waals surface area contributed by atoms with E-state index in [1.807, 2.05) is 41.1 Å². The zero-order valence-corrected chi connectivity index (χ0v) is 16.4. The molecule has 4 rings (SSSR count). The van der Waals surface area contributed by atoms with Crippen LogP contribution in [0.25, 0.3) is 22.2 Å². The van der Waals surface area contributed by atoms with Crippen molar-refractivity contribution >= 4 is 22.1 Å². The van der Waals surface area contributed by atoms with Gasteiger partial charge in [-0.1, -0.05) is 18.2 Å². The molecule has 0 radical (unpaired) electrons. The summed E-state index contributed by atoms with van der Waals surface area (Å²) < 4.78 is 54.6. The van der Waals surface area contributed by atoms with E-state index in [9.17, 15) is 22.5 Å². The monoisotopic (exact) mass is 432 g/mol. The first kappa shape index (κ1) is 20.2. The third kappa shape index (κ3) is 3.96. The van der Waals surface area contributed by atoms with Gasteiger partial charge in [0.15, 0.2) is 5.69 Å². The number of para-hydroxylation sites is 1. The van der Waals surface area contributed by atoms with Crippen LogP contribution in [0.2, 0.25) is 0 Å². The number of aromatic nitrogens is 4. The standard InChI is InChI=1S/C20H15F3N4O2S/c1-30(29)19-24-15(10-17(25-19)20(21,22)23)14-6-7-18(28)27(11-14)12-26-9-8-13-4-2-3-5-16(13)26/h2-11H,12H2,1H3. The molecular weight excluding hydrogens is 417 g/mol. The molecule has 6 nitrogen and oxygen atoms in total. The lowest BCUT2D eigenvalue weighted by Gasteiger charge is -2.13. The van der Waals surface area contributed by atoms with Crippen LogP contribution in [0.4, 0.5) is 13.2 Å². The highest BCUT2D eigenvalue weighted by Crippen LogP contribution is 2.30. The van der Waals surface area contributed by atoms with Crippen LogP contribution in [0.5, 0.6) is 0 Å². The highest BCUT2D eigenvalue weighted by molar-refractivity contribution is 7.90. The van der Waals surface area contributed by atoms with Crippen molar-refractivity contribution in [2.45, 2.75) is 18.0 Å². The van der Waals surface area contributed by atoms with Gasteiger partial charge in [-0.05, 0) is 29.7 Å². The van der Waals surface area contributed by atoms with Crippen LogP contribution >= 0.6 is 0 Å². The molecule has 0 aliphatic heterocycles. The molecule has 3 aromatic heterocycles. The maximum absolute atomic E-state index is 13.2. The Bertz CT molecular complexity index is 1280.